The first-order valence-electron chi connectivity index (χ1n) is 16.6. The van der Waals surface area contributed by atoms with Crippen molar-refractivity contribution in [1.82, 2.24) is 25.1 Å². The monoisotopic (exact) mass is 699 g/mol. The van der Waals surface area contributed by atoms with Gasteiger partial charge in [0.15, 0.2) is 0 Å². The second-order valence-corrected chi connectivity index (χ2v) is 14.7. The summed E-state index contributed by atoms with van der Waals surface area (Å²) in [4.78, 5) is 45.4. The van der Waals surface area contributed by atoms with Gasteiger partial charge in [0.2, 0.25) is 17.7 Å². The molecule has 49 heavy (non-hydrogen) atoms. The van der Waals surface area contributed by atoms with E-state index in [2.05, 4.69) is 10.6 Å². The number of nitrogens with one attached hydrogen (secondary N) is 2. The molecule has 0 unspecified atom stereocenters. The highest BCUT2D eigenvalue weighted by Gasteiger charge is 2.38. The van der Waals surface area contributed by atoms with Crippen LogP contribution < -0.4 is 22.1 Å². The van der Waals surface area contributed by atoms with Gasteiger partial charge in [-0.25, -0.2) is 13.8 Å². The zero-order valence-electron chi connectivity index (χ0n) is 29.3. The van der Waals surface area contributed by atoms with Crippen LogP contribution in [0.15, 0.2) is 54.7 Å². The first kappa shape index (κ1) is 39.6. The van der Waals surface area contributed by atoms with Crippen LogP contribution in [0.25, 0.3) is 11.3 Å². The van der Waals surface area contributed by atoms with Crippen molar-refractivity contribution < 1.29 is 23.2 Å². The normalized spacial score (nSPS) is 13.5. The van der Waals surface area contributed by atoms with Gasteiger partial charge in [-0.15, -0.1) is 0 Å². The molecule has 6 N–H and O–H groups in total. The molecular weight excluding hydrogens is 649 g/mol. The van der Waals surface area contributed by atoms with E-state index in [0.29, 0.717) is 44.2 Å². The zero-order valence-corrected chi connectivity index (χ0v) is 30.2. The van der Waals surface area contributed by atoms with Gasteiger partial charge in [0.1, 0.15) is 23.5 Å². The van der Waals surface area contributed by atoms with Gasteiger partial charge >= 0.3 is 0 Å². The maximum atomic E-state index is 15.0. The van der Waals surface area contributed by atoms with Crippen LogP contribution in [0.3, 0.4) is 0 Å². The van der Waals surface area contributed by atoms with Crippen LogP contribution >= 0.6 is 11.8 Å². The molecule has 13 heteroatoms. The smallest absolute Gasteiger partial charge is 0.242 e. The predicted octanol–water partition coefficient (Wildman–Crippen LogP) is 4.48. The van der Waals surface area contributed by atoms with Crippen LogP contribution in [0.4, 0.5) is 8.78 Å². The molecular formula is C36H51F2N7O3S. The lowest BCUT2D eigenvalue weighted by atomic mass is 9.84. The summed E-state index contributed by atoms with van der Waals surface area (Å²) in [6.45, 7) is 12.7. The van der Waals surface area contributed by atoms with E-state index in [9.17, 15) is 23.2 Å². The standard InChI is InChI=1S/C36H51F2N7O3S/c1-23(2)31(40)35(48)42-24(3)34(47)41-16-18-49-22-30(46)45(17-10-15-39)32(36(4,5)6)33-43-29(27-19-26(37)13-14-28(27)38)21-44(33)20-25-11-8-7-9-12-25/h7-9,11-14,19,21,23-24,31-32H,10,15-18,20,22,39-40H2,1-6H3,(H,41,47)(H,42,48)/t24-,31-,32-/m0/s1. The minimum Gasteiger partial charge on any atom is -0.353 e. The Morgan fingerprint density at radius 2 is 1.73 bits per heavy atom. The number of halogens is 2. The van der Waals surface area contributed by atoms with Crippen molar-refractivity contribution in [3.63, 3.8) is 0 Å². The van der Waals surface area contributed by atoms with E-state index in [0.717, 1.165) is 23.8 Å². The van der Waals surface area contributed by atoms with Crippen LogP contribution in [-0.4, -0.2) is 75.4 Å². The van der Waals surface area contributed by atoms with Crippen molar-refractivity contribution in [2.24, 2.45) is 22.8 Å². The Kier molecular flexibility index (Phi) is 14.8. The van der Waals surface area contributed by atoms with Gasteiger partial charge in [-0.3, -0.25) is 14.4 Å². The Hall–Kier alpha value is -3.81. The average molecular weight is 700 g/mol. The molecule has 3 amide bonds. The number of aromatic nitrogens is 2. The Morgan fingerprint density at radius 1 is 1.04 bits per heavy atom. The molecule has 2 aromatic carbocycles. The number of hydrogen-bond donors (Lipinski definition) is 4. The molecule has 3 atom stereocenters. The number of nitrogens with two attached hydrogens (primary N) is 2. The van der Waals surface area contributed by atoms with E-state index in [1.807, 2.05) is 69.5 Å². The van der Waals surface area contributed by atoms with Crippen molar-refractivity contribution in [2.45, 2.75) is 72.6 Å². The molecule has 1 aromatic heterocycles. The lowest BCUT2D eigenvalue weighted by molar-refractivity contribution is -0.133. The van der Waals surface area contributed by atoms with E-state index in [1.54, 1.807) is 18.0 Å². The highest BCUT2D eigenvalue weighted by atomic mass is 32.2. The Balaban J connectivity index is 1.82. The van der Waals surface area contributed by atoms with E-state index in [-0.39, 0.29) is 40.6 Å². The fourth-order valence-electron chi connectivity index (χ4n) is 5.35. The number of benzene rings is 2. The van der Waals surface area contributed by atoms with E-state index in [1.165, 1.54) is 11.8 Å². The number of carbonyl (C=O) groups is 3. The highest BCUT2D eigenvalue weighted by Crippen LogP contribution is 2.39. The summed E-state index contributed by atoms with van der Waals surface area (Å²) in [6, 6.07) is 11.0. The van der Waals surface area contributed by atoms with Crippen LogP contribution in [0.5, 0.6) is 0 Å². The number of hydrogen-bond acceptors (Lipinski definition) is 7. The molecule has 0 bridgehead atoms. The van der Waals surface area contributed by atoms with Crippen molar-refractivity contribution >= 4 is 29.5 Å². The van der Waals surface area contributed by atoms with E-state index < -0.39 is 35.2 Å². The molecule has 0 aliphatic heterocycles. The Morgan fingerprint density at radius 3 is 2.37 bits per heavy atom. The molecule has 1 heterocycles. The highest BCUT2D eigenvalue weighted by molar-refractivity contribution is 7.99. The molecule has 0 spiro atoms. The third-order valence-electron chi connectivity index (χ3n) is 8.05. The van der Waals surface area contributed by atoms with Crippen molar-refractivity contribution in [1.29, 1.82) is 0 Å². The summed E-state index contributed by atoms with van der Waals surface area (Å²) in [5.41, 5.74) is 12.6. The van der Waals surface area contributed by atoms with Gasteiger partial charge in [-0.1, -0.05) is 65.0 Å². The molecule has 268 valence electrons. The topological polar surface area (TPSA) is 148 Å². The van der Waals surface area contributed by atoms with Gasteiger partial charge in [0, 0.05) is 37.1 Å². The summed E-state index contributed by atoms with van der Waals surface area (Å²) < 4.78 is 31.1. The fraction of sp³-hybridized carbons (Fsp3) is 0.500. The Bertz CT molecular complexity index is 1550. The van der Waals surface area contributed by atoms with Crippen LogP contribution in [0.1, 0.15) is 65.4 Å². The van der Waals surface area contributed by atoms with Gasteiger partial charge in [-0.2, -0.15) is 11.8 Å². The summed E-state index contributed by atoms with van der Waals surface area (Å²) in [7, 11) is 0. The molecule has 0 saturated carbocycles. The second-order valence-electron chi connectivity index (χ2n) is 13.6. The lowest BCUT2D eigenvalue weighted by Crippen LogP contribution is -2.51. The molecule has 0 fully saturated rings. The quantitative estimate of drug-likeness (QED) is 0.152. The first-order valence-corrected chi connectivity index (χ1v) is 17.8. The van der Waals surface area contributed by atoms with Crippen LogP contribution in [0, 0.1) is 23.0 Å². The number of nitrogens with zero attached hydrogens (tertiary/aromatic N) is 3. The third-order valence-corrected chi connectivity index (χ3v) is 9.00. The zero-order chi connectivity index (χ0) is 36.3. The number of carbonyl (C=O) groups excluding carboxylic acids is 3. The van der Waals surface area contributed by atoms with Gasteiger partial charge < -0.3 is 31.6 Å². The van der Waals surface area contributed by atoms with Crippen molar-refractivity contribution in [2.75, 3.05) is 31.1 Å². The maximum Gasteiger partial charge on any atom is 0.242 e. The van der Waals surface area contributed by atoms with Crippen LogP contribution in [-0.2, 0) is 20.9 Å². The third kappa shape index (κ3) is 11.4. The number of thioether (sulfide) groups is 1. The molecule has 0 aliphatic rings. The van der Waals surface area contributed by atoms with Gasteiger partial charge in [0.25, 0.3) is 0 Å². The summed E-state index contributed by atoms with van der Waals surface area (Å²) in [6.07, 6.45) is 2.26. The predicted molar refractivity (Wildman–Crippen MR) is 191 cm³/mol. The van der Waals surface area contributed by atoms with Gasteiger partial charge in [0.05, 0.1) is 23.5 Å². The molecule has 0 aliphatic carbocycles. The second kappa shape index (κ2) is 18.3. The lowest BCUT2D eigenvalue weighted by Gasteiger charge is -2.40. The van der Waals surface area contributed by atoms with Gasteiger partial charge in [-0.05, 0) is 55.0 Å². The molecule has 3 aromatic rings. The minimum absolute atomic E-state index is 0.0369. The summed E-state index contributed by atoms with van der Waals surface area (Å²) in [5.74, 6) is -0.968. The molecule has 3 rings (SSSR count). The number of imidazole rings is 1. The van der Waals surface area contributed by atoms with E-state index >= 15 is 0 Å². The largest absolute Gasteiger partial charge is 0.353 e. The number of rotatable bonds is 17. The SMILES string of the molecule is CC(C)[C@H](N)C(=O)N[C@@H](C)C(=O)NCCSCC(=O)N(CCCN)[C@@H](c1nc(-c2cc(F)ccc2F)cn1Cc1ccccc1)C(C)(C)C. The molecule has 0 saturated heterocycles. The molecule has 10 nitrogen and oxygen atoms in total. The first-order chi connectivity index (χ1) is 23.1. The average Bonchev–Trinajstić information content (AvgIpc) is 3.45. The summed E-state index contributed by atoms with van der Waals surface area (Å²) in [5, 5.41) is 5.43. The fourth-order valence-corrected chi connectivity index (χ4v) is 6.08. The maximum absolute atomic E-state index is 15.0. The number of amides is 3. The Labute approximate surface area is 292 Å². The molecule has 0 radical (unpaired) electrons. The summed E-state index contributed by atoms with van der Waals surface area (Å²) >= 11 is 1.37. The van der Waals surface area contributed by atoms with Crippen molar-refractivity contribution in [3.8, 4) is 11.3 Å². The minimum atomic E-state index is -0.756. The van der Waals surface area contributed by atoms with Crippen LogP contribution in [0.2, 0.25) is 0 Å². The van der Waals surface area contributed by atoms with Crippen molar-refractivity contribution in [3.05, 3.63) is 77.8 Å². The van der Waals surface area contributed by atoms with E-state index in [4.69, 9.17) is 16.5 Å².